The van der Waals surface area contributed by atoms with Crippen LogP contribution in [0.25, 0.3) is 0 Å². The van der Waals surface area contributed by atoms with E-state index in [1.54, 1.807) is 19.1 Å². The SMILES string of the molecule is C[C@H](NC(=O)c1ccc2c(c1)C(=O)N(c1ccc(F)cc1)C2=O)c1ccc(F)cc1. The second-order valence-corrected chi connectivity index (χ2v) is 6.93. The number of hydrogen-bond acceptors (Lipinski definition) is 3. The van der Waals surface area contributed by atoms with Crippen LogP contribution in [0.4, 0.5) is 14.5 Å². The van der Waals surface area contributed by atoms with Gasteiger partial charge in [-0.05, 0) is 67.1 Å². The summed E-state index contributed by atoms with van der Waals surface area (Å²) < 4.78 is 26.2. The predicted molar refractivity (Wildman–Crippen MR) is 106 cm³/mol. The van der Waals surface area contributed by atoms with E-state index in [0.29, 0.717) is 0 Å². The Kier molecular flexibility index (Phi) is 4.87. The number of rotatable bonds is 4. The number of nitrogens with one attached hydrogen (secondary N) is 1. The first-order chi connectivity index (χ1) is 14.3. The largest absolute Gasteiger partial charge is 0.346 e. The fourth-order valence-corrected chi connectivity index (χ4v) is 3.32. The first-order valence-electron chi connectivity index (χ1n) is 9.20. The molecular weight excluding hydrogens is 390 g/mol. The maximum Gasteiger partial charge on any atom is 0.266 e. The van der Waals surface area contributed by atoms with Crippen molar-refractivity contribution in [3.8, 4) is 0 Å². The molecule has 0 unspecified atom stereocenters. The maximum absolute atomic E-state index is 13.2. The zero-order valence-corrected chi connectivity index (χ0v) is 15.9. The highest BCUT2D eigenvalue weighted by Gasteiger charge is 2.37. The molecule has 1 aliphatic rings. The smallest absolute Gasteiger partial charge is 0.266 e. The van der Waals surface area contributed by atoms with Gasteiger partial charge in [0.05, 0.1) is 22.9 Å². The van der Waals surface area contributed by atoms with Crippen LogP contribution in [0.1, 0.15) is 49.6 Å². The molecule has 3 aromatic rings. The van der Waals surface area contributed by atoms with Crippen LogP contribution >= 0.6 is 0 Å². The molecule has 1 heterocycles. The third-order valence-electron chi connectivity index (χ3n) is 4.95. The minimum atomic E-state index is -0.581. The van der Waals surface area contributed by atoms with Crippen molar-refractivity contribution < 1.29 is 23.2 Å². The van der Waals surface area contributed by atoms with Crippen molar-refractivity contribution in [3.05, 3.63) is 101 Å². The van der Waals surface area contributed by atoms with E-state index in [-0.39, 0.29) is 34.2 Å². The summed E-state index contributed by atoms with van der Waals surface area (Å²) in [5.74, 6) is -2.40. The molecule has 0 spiro atoms. The molecule has 1 atom stereocenters. The van der Waals surface area contributed by atoms with E-state index in [2.05, 4.69) is 5.32 Å². The highest BCUT2D eigenvalue weighted by Crippen LogP contribution is 2.29. The van der Waals surface area contributed by atoms with Crippen molar-refractivity contribution in [3.63, 3.8) is 0 Å². The molecule has 3 amide bonds. The van der Waals surface area contributed by atoms with E-state index >= 15 is 0 Å². The van der Waals surface area contributed by atoms with Crippen LogP contribution in [-0.2, 0) is 0 Å². The van der Waals surface area contributed by atoms with Gasteiger partial charge in [-0.15, -0.1) is 0 Å². The number of nitrogens with zero attached hydrogens (tertiary/aromatic N) is 1. The van der Waals surface area contributed by atoms with Crippen molar-refractivity contribution in [2.45, 2.75) is 13.0 Å². The molecule has 0 radical (unpaired) electrons. The van der Waals surface area contributed by atoms with Gasteiger partial charge in [-0.25, -0.2) is 13.7 Å². The number of fused-ring (bicyclic) bond motifs is 1. The van der Waals surface area contributed by atoms with E-state index in [9.17, 15) is 23.2 Å². The molecule has 0 saturated carbocycles. The molecular formula is C23H16F2N2O3. The molecule has 0 aliphatic carbocycles. The van der Waals surface area contributed by atoms with Crippen LogP contribution in [0, 0.1) is 11.6 Å². The summed E-state index contributed by atoms with van der Waals surface area (Å²) in [5.41, 5.74) is 1.46. The van der Waals surface area contributed by atoms with Crippen LogP contribution in [0.15, 0.2) is 66.7 Å². The van der Waals surface area contributed by atoms with Gasteiger partial charge in [0.1, 0.15) is 11.6 Å². The van der Waals surface area contributed by atoms with Crippen LogP contribution in [0.5, 0.6) is 0 Å². The zero-order chi connectivity index (χ0) is 21.4. The highest BCUT2D eigenvalue weighted by atomic mass is 19.1. The van der Waals surface area contributed by atoms with Crippen LogP contribution < -0.4 is 10.2 Å². The Hall–Kier alpha value is -3.87. The second kappa shape index (κ2) is 7.51. The molecule has 150 valence electrons. The number of anilines is 1. The molecule has 0 bridgehead atoms. The number of carbonyl (C=O) groups is 3. The molecule has 7 heteroatoms. The van der Waals surface area contributed by atoms with Gasteiger partial charge in [0.15, 0.2) is 0 Å². The average Bonchev–Trinajstić information content (AvgIpc) is 2.99. The fraction of sp³-hybridized carbons (Fsp3) is 0.0870. The van der Waals surface area contributed by atoms with Gasteiger partial charge in [-0.2, -0.15) is 0 Å². The number of amides is 3. The number of imide groups is 1. The van der Waals surface area contributed by atoms with E-state index in [4.69, 9.17) is 0 Å². The van der Waals surface area contributed by atoms with Crippen molar-refractivity contribution in [1.29, 1.82) is 0 Å². The molecule has 0 aromatic heterocycles. The summed E-state index contributed by atoms with van der Waals surface area (Å²) >= 11 is 0. The van der Waals surface area contributed by atoms with Gasteiger partial charge in [-0.1, -0.05) is 12.1 Å². The van der Waals surface area contributed by atoms with Crippen LogP contribution in [-0.4, -0.2) is 17.7 Å². The molecule has 5 nitrogen and oxygen atoms in total. The normalized spacial score (nSPS) is 13.9. The van der Waals surface area contributed by atoms with Crippen LogP contribution in [0.2, 0.25) is 0 Å². The molecule has 1 N–H and O–H groups in total. The summed E-state index contributed by atoms with van der Waals surface area (Å²) in [6, 6.07) is 14.6. The summed E-state index contributed by atoms with van der Waals surface area (Å²) in [4.78, 5) is 39.0. The summed E-state index contributed by atoms with van der Waals surface area (Å²) in [5, 5.41) is 2.79. The van der Waals surface area contributed by atoms with Gasteiger partial charge < -0.3 is 5.32 Å². The summed E-state index contributed by atoms with van der Waals surface area (Å²) in [6.45, 7) is 1.75. The van der Waals surface area contributed by atoms with Gasteiger partial charge in [0.2, 0.25) is 0 Å². The van der Waals surface area contributed by atoms with Gasteiger partial charge in [0, 0.05) is 5.56 Å². The molecule has 4 rings (SSSR count). The molecule has 3 aromatic carbocycles. The van der Waals surface area contributed by atoms with Crippen molar-refractivity contribution in [2.24, 2.45) is 0 Å². The lowest BCUT2D eigenvalue weighted by Crippen LogP contribution is -2.29. The second-order valence-electron chi connectivity index (χ2n) is 6.93. The number of benzene rings is 3. The first kappa shape index (κ1) is 19.4. The third kappa shape index (κ3) is 3.45. The minimum absolute atomic E-state index is 0.103. The lowest BCUT2D eigenvalue weighted by molar-refractivity contribution is 0.0921. The standard InChI is InChI=1S/C23H16F2N2O3/c1-13(14-2-5-16(24)6-3-14)26-21(28)15-4-11-19-20(12-15)23(30)27(22(19)29)18-9-7-17(25)8-10-18/h2-13H,1H3,(H,26,28)/t13-/m0/s1. The molecule has 0 saturated heterocycles. The van der Waals surface area contributed by atoms with E-state index in [1.807, 2.05) is 0 Å². The lowest BCUT2D eigenvalue weighted by Gasteiger charge is -2.14. The number of halogens is 2. The topological polar surface area (TPSA) is 66.5 Å². The lowest BCUT2D eigenvalue weighted by atomic mass is 10.0. The monoisotopic (exact) mass is 406 g/mol. The van der Waals surface area contributed by atoms with Gasteiger partial charge in [0.25, 0.3) is 17.7 Å². The van der Waals surface area contributed by atoms with E-state index < -0.39 is 23.5 Å². The van der Waals surface area contributed by atoms with Crippen molar-refractivity contribution in [2.75, 3.05) is 4.90 Å². The van der Waals surface area contributed by atoms with E-state index in [0.717, 1.165) is 22.6 Å². The Balaban J connectivity index is 1.57. The Bertz CT molecular complexity index is 1160. The average molecular weight is 406 g/mol. The summed E-state index contributed by atoms with van der Waals surface area (Å²) in [7, 11) is 0. The zero-order valence-electron chi connectivity index (χ0n) is 15.9. The Labute approximate surface area is 170 Å². The number of hydrogen-bond donors (Lipinski definition) is 1. The Morgan fingerprint density at radius 3 is 2.03 bits per heavy atom. The minimum Gasteiger partial charge on any atom is -0.346 e. The molecule has 1 aliphatic heterocycles. The Morgan fingerprint density at radius 1 is 0.833 bits per heavy atom. The van der Waals surface area contributed by atoms with Crippen LogP contribution in [0.3, 0.4) is 0 Å². The molecule has 0 fully saturated rings. The van der Waals surface area contributed by atoms with Gasteiger partial charge in [-0.3, -0.25) is 14.4 Å². The van der Waals surface area contributed by atoms with Crippen molar-refractivity contribution in [1.82, 2.24) is 5.32 Å². The maximum atomic E-state index is 13.2. The molecule has 30 heavy (non-hydrogen) atoms. The quantitative estimate of drug-likeness (QED) is 0.659. The third-order valence-corrected chi connectivity index (χ3v) is 4.95. The fourth-order valence-electron chi connectivity index (χ4n) is 3.32. The first-order valence-corrected chi connectivity index (χ1v) is 9.20. The highest BCUT2D eigenvalue weighted by molar-refractivity contribution is 6.34. The van der Waals surface area contributed by atoms with Crippen molar-refractivity contribution >= 4 is 23.4 Å². The predicted octanol–water partition coefficient (Wildman–Crippen LogP) is 4.26. The Morgan fingerprint density at radius 2 is 1.40 bits per heavy atom. The van der Waals surface area contributed by atoms with E-state index in [1.165, 1.54) is 42.5 Å². The number of carbonyl (C=O) groups excluding carboxylic acids is 3. The summed E-state index contributed by atoms with van der Waals surface area (Å²) in [6.07, 6.45) is 0. The van der Waals surface area contributed by atoms with Gasteiger partial charge >= 0.3 is 0 Å².